The van der Waals surface area contributed by atoms with Crippen LogP contribution in [0, 0.1) is 0 Å². The summed E-state index contributed by atoms with van der Waals surface area (Å²) >= 11 is 3.18. The monoisotopic (exact) mass is 336 g/mol. The molecule has 1 aromatic rings. The second-order valence-electron chi connectivity index (χ2n) is 3.54. The Morgan fingerprint density at radius 1 is 1.44 bits per heavy atom. The lowest BCUT2D eigenvalue weighted by Crippen LogP contribution is -2.15. The van der Waals surface area contributed by atoms with Crippen molar-refractivity contribution in [3.8, 4) is 5.75 Å². The highest BCUT2D eigenvalue weighted by molar-refractivity contribution is 9.10. The van der Waals surface area contributed by atoms with Crippen molar-refractivity contribution in [2.45, 2.75) is 6.92 Å². The number of carbonyl (C=O) groups is 1. The van der Waals surface area contributed by atoms with E-state index in [9.17, 15) is 13.2 Å². The largest absolute Gasteiger partial charge is 0.491 e. The number of carboxylic acid groups (broad SMARTS) is 1. The van der Waals surface area contributed by atoms with Crippen LogP contribution in [-0.2, 0) is 9.84 Å². The van der Waals surface area contributed by atoms with E-state index in [2.05, 4.69) is 15.9 Å². The molecule has 7 heteroatoms. The highest BCUT2D eigenvalue weighted by Gasteiger charge is 2.10. The first-order valence-corrected chi connectivity index (χ1v) is 7.83. The zero-order valence-corrected chi connectivity index (χ0v) is 12.1. The number of benzene rings is 1. The van der Waals surface area contributed by atoms with E-state index < -0.39 is 15.8 Å². The molecule has 0 spiro atoms. The molecule has 1 rings (SSSR count). The zero-order chi connectivity index (χ0) is 13.8. The molecule has 0 unspecified atom stereocenters. The fraction of sp³-hybridized carbons (Fsp3) is 0.364. The molecule has 100 valence electrons. The van der Waals surface area contributed by atoms with Gasteiger partial charge in [0.2, 0.25) is 0 Å². The molecule has 0 aliphatic carbocycles. The Labute approximate surface area is 114 Å². The third-order valence-electron chi connectivity index (χ3n) is 2.27. The molecule has 0 aromatic heterocycles. The molecule has 0 bridgehead atoms. The summed E-state index contributed by atoms with van der Waals surface area (Å²) in [5, 5.41) is 8.77. The van der Waals surface area contributed by atoms with Gasteiger partial charge in [-0.15, -0.1) is 0 Å². The highest BCUT2D eigenvalue weighted by Crippen LogP contribution is 2.26. The number of carboxylic acids is 1. The number of rotatable bonds is 6. The molecule has 1 aromatic carbocycles. The topological polar surface area (TPSA) is 80.7 Å². The van der Waals surface area contributed by atoms with E-state index in [1.807, 2.05) is 0 Å². The van der Waals surface area contributed by atoms with Gasteiger partial charge in [0.05, 0.1) is 15.8 Å². The highest BCUT2D eigenvalue weighted by atomic mass is 79.9. The summed E-state index contributed by atoms with van der Waals surface area (Å²) in [6, 6.07) is 4.30. The molecule has 0 saturated heterocycles. The van der Waals surface area contributed by atoms with E-state index in [4.69, 9.17) is 9.84 Å². The normalized spacial score (nSPS) is 11.2. The van der Waals surface area contributed by atoms with Crippen LogP contribution in [0.5, 0.6) is 5.75 Å². The van der Waals surface area contributed by atoms with Crippen LogP contribution in [0.1, 0.15) is 17.3 Å². The van der Waals surface area contributed by atoms with E-state index in [1.54, 1.807) is 6.92 Å². The summed E-state index contributed by atoms with van der Waals surface area (Å²) in [5.41, 5.74) is 0.135. The van der Waals surface area contributed by atoms with E-state index in [0.717, 1.165) is 0 Å². The summed E-state index contributed by atoms with van der Waals surface area (Å²) in [7, 11) is -3.06. The lowest BCUT2D eigenvalue weighted by Gasteiger charge is -2.08. The van der Waals surface area contributed by atoms with Gasteiger partial charge in [-0.3, -0.25) is 0 Å². The number of ether oxygens (including phenoxy) is 1. The van der Waals surface area contributed by atoms with Crippen molar-refractivity contribution in [1.82, 2.24) is 0 Å². The van der Waals surface area contributed by atoms with Crippen LogP contribution in [0.25, 0.3) is 0 Å². The predicted molar refractivity (Wildman–Crippen MR) is 70.9 cm³/mol. The third kappa shape index (κ3) is 4.30. The molecule has 0 heterocycles. The van der Waals surface area contributed by atoms with Crippen LogP contribution in [0.2, 0.25) is 0 Å². The minimum Gasteiger partial charge on any atom is -0.491 e. The lowest BCUT2D eigenvalue weighted by molar-refractivity contribution is 0.0696. The maximum absolute atomic E-state index is 11.2. The van der Waals surface area contributed by atoms with Gasteiger partial charge in [-0.25, -0.2) is 13.2 Å². The number of sulfone groups is 1. The number of hydrogen-bond acceptors (Lipinski definition) is 4. The Bertz CT molecular complexity index is 538. The molecule has 0 saturated carbocycles. The number of hydrogen-bond donors (Lipinski definition) is 1. The Morgan fingerprint density at radius 3 is 2.61 bits per heavy atom. The first-order chi connectivity index (χ1) is 8.35. The van der Waals surface area contributed by atoms with Crippen LogP contribution in [0.4, 0.5) is 0 Å². The van der Waals surface area contributed by atoms with E-state index in [1.165, 1.54) is 18.2 Å². The standard InChI is InChI=1S/C11H13BrO5S/c1-2-18(15,16)6-5-17-10-4-3-8(11(13)14)7-9(10)12/h3-4,7H,2,5-6H2,1H3,(H,13,14). The number of aromatic carboxylic acids is 1. The molecule has 0 aliphatic heterocycles. The molecule has 1 N–H and O–H groups in total. The lowest BCUT2D eigenvalue weighted by atomic mass is 10.2. The first-order valence-electron chi connectivity index (χ1n) is 5.22. The maximum Gasteiger partial charge on any atom is 0.335 e. The van der Waals surface area contributed by atoms with Gasteiger partial charge < -0.3 is 9.84 Å². The first kappa shape index (κ1) is 15.0. The summed E-state index contributed by atoms with van der Waals surface area (Å²) in [6.45, 7) is 1.62. The summed E-state index contributed by atoms with van der Waals surface area (Å²) in [6.07, 6.45) is 0. The van der Waals surface area contributed by atoms with Gasteiger partial charge in [0.1, 0.15) is 12.4 Å². The average Bonchev–Trinajstić information content (AvgIpc) is 2.31. The van der Waals surface area contributed by atoms with Crippen LogP contribution in [0.3, 0.4) is 0 Å². The molecule has 18 heavy (non-hydrogen) atoms. The number of halogens is 1. The summed E-state index contributed by atoms with van der Waals surface area (Å²) < 4.78 is 28.3. The van der Waals surface area contributed by atoms with Gasteiger partial charge in [0.25, 0.3) is 0 Å². The fourth-order valence-corrected chi connectivity index (χ4v) is 2.29. The minimum absolute atomic E-state index is 0.0428. The van der Waals surface area contributed by atoms with Crippen molar-refractivity contribution in [3.05, 3.63) is 28.2 Å². The minimum atomic E-state index is -3.06. The molecule has 0 atom stereocenters. The molecule has 0 aliphatic rings. The van der Waals surface area contributed by atoms with Crippen molar-refractivity contribution >= 4 is 31.7 Å². The summed E-state index contributed by atoms with van der Waals surface area (Å²) in [5.74, 6) is -0.589. The Morgan fingerprint density at radius 2 is 2.11 bits per heavy atom. The SMILES string of the molecule is CCS(=O)(=O)CCOc1ccc(C(=O)O)cc1Br. The molecule has 0 fully saturated rings. The molecule has 0 amide bonds. The van der Waals surface area contributed by atoms with E-state index >= 15 is 0 Å². The van der Waals surface area contributed by atoms with Gasteiger partial charge in [0.15, 0.2) is 9.84 Å². The van der Waals surface area contributed by atoms with Gasteiger partial charge in [0, 0.05) is 5.75 Å². The van der Waals surface area contributed by atoms with Crippen molar-refractivity contribution in [2.24, 2.45) is 0 Å². The smallest absolute Gasteiger partial charge is 0.335 e. The van der Waals surface area contributed by atoms with E-state index in [-0.39, 0.29) is 23.7 Å². The molecular weight excluding hydrogens is 324 g/mol. The Hall–Kier alpha value is -1.08. The van der Waals surface area contributed by atoms with Crippen molar-refractivity contribution in [3.63, 3.8) is 0 Å². The van der Waals surface area contributed by atoms with Gasteiger partial charge in [-0.2, -0.15) is 0 Å². The maximum atomic E-state index is 11.2. The van der Waals surface area contributed by atoms with E-state index in [0.29, 0.717) is 10.2 Å². The summed E-state index contributed by atoms with van der Waals surface area (Å²) in [4.78, 5) is 10.7. The third-order valence-corrected chi connectivity index (χ3v) is 4.56. The Kier molecular flexibility index (Phi) is 5.15. The molecular formula is C11H13BrO5S. The van der Waals surface area contributed by atoms with Gasteiger partial charge in [-0.1, -0.05) is 6.92 Å². The van der Waals surface area contributed by atoms with Crippen LogP contribution in [-0.4, -0.2) is 37.6 Å². The van der Waals surface area contributed by atoms with Crippen LogP contribution >= 0.6 is 15.9 Å². The van der Waals surface area contributed by atoms with Crippen molar-refractivity contribution < 1.29 is 23.1 Å². The molecule has 0 radical (unpaired) electrons. The Balaban J connectivity index is 2.67. The van der Waals surface area contributed by atoms with Crippen molar-refractivity contribution in [2.75, 3.05) is 18.1 Å². The second-order valence-corrected chi connectivity index (χ2v) is 6.86. The molecule has 5 nitrogen and oxygen atoms in total. The average molecular weight is 337 g/mol. The second kappa shape index (κ2) is 6.19. The van der Waals surface area contributed by atoms with Crippen molar-refractivity contribution in [1.29, 1.82) is 0 Å². The van der Waals surface area contributed by atoms with Gasteiger partial charge >= 0.3 is 5.97 Å². The predicted octanol–water partition coefficient (Wildman–Crippen LogP) is 1.96. The van der Waals surface area contributed by atoms with Crippen LogP contribution < -0.4 is 4.74 Å². The van der Waals surface area contributed by atoms with Gasteiger partial charge in [-0.05, 0) is 34.1 Å². The quantitative estimate of drug-likeness (QED) is 0.858. The fourth-order valence-electron chi connectivity index (χ4n) is 1.17. The van der Waals surface area contributed by atoms with Crippen LogP contribution in [0.15, 0.2) is 22.7 Å². The zero-order valence-electron chi connectivity index (χ0n) is 9.72.